The third kappa shape index (κ3) is 9.15. The summed E-state index contributed by atoms with van der Waals surface area (Å²) in [6, 6.07) is 0. The van der Waals surface area contributed by atoms with Crippen molar-refractivity contribution in [3.05, 3.63) is 0 Å². The van der Waals surface area contributed by atoms with Crippen molar-refractivity contribution in [1.29, 1.82) is 0 Å². The second-order valence-electron chi connectivity index (χ2n) is 2.76. The summed E-state index contributed by atoms with van der Waals surface area (Å²) in [4.78, 5) is 21.3. The first-order valence-corrected chi connectivity index (χ1v) is 4.58. The number of carbonyl (C=O) groups excluding carboxylic acids is 2. The molecule has 0 aromatic rings. The van der Waals surface area contributed by atoms with Gasteiger partial charge in [0.15, 0.2) is 5.78 Å². The van der Waals surface area contributed by atoms with Gasteiger partial charge in [0.1, 0.15) is 13.2 Å². The standard InChI is InChI=1S/C9H17NO4/c1-3-10-9(12)7-14-5-4-13-6-8(2)11/h3-7H2,1-2H3,(H,10,12). The number of ether oxygens (including phenoxy) is 2. The maximum Gasteiger partial charge on any atom is 0.245 e. The molecule has 0 spiro atoms. The van der Waals surface area contributed by atoms with Crippen molar-refractivity contribution < 1.29 is 19.1 Å². The molecule has 5 nitrogen and oxygen atoms in total. The molecule has 0 radical (unpaired) electrons. The fourth-order valence-electron chi connectivity index (χ4n) is 0.747. The lowest BCUT2D eigenvalue weighted by molar-refractivity contribution is -0.127. The summed E-state index contributed by atoms with van der Waals surface area (Å²) >= 11 is 0. The average molecular weight is 203 g/mol. The van der Waals surface area contributed by atoms with Crippen molar-refractivity contribution in [3.63, 3.8) is 0 Å². The largest absolute Gasteiger partial charge is 0.371 e. The van der Waals surface area contributed by atoms with E-state index in [1.165, 1.54) is 6.92 Å². The van der Waals surface area contributed by atoms with E-state index in [0.717, 1.165) is 0 Å². The molecule has 0 rings (SSSR count). The predicted octanol–water partition coefficient (Wildman–Crippen LogP) is -0.255. The van der Waals surface area contributed by atoms with Crippen LogP contribution < -0.4 is 5.32 Å². The Bertz CT molecular complexity index is 182. The minimum atomic E-state index is -0.140. The first-order chi connectivity index (χ1) is 6.66. The maximum atomic E-state index is 10.9. The Morgan fingerprint density at radius 1 is 1.14 bits per heavy atom. The third-order valence-corrected chi connectivity index (χ3v) is 1.28. The van der Waals surface area contributed by atoms with Crippen molar-refractivity contribution in [3.8, 4) is 0 Å². The Morgan fingerprint density at radius 2 is 1.71 bits per heavy atom. The SMILES string of the molecule is CCNC(=O)COCCOCC(C)=O. The zero-order chi connectivity index (χ0) is 10.8. The van der Waals surface area contributed by atoms with Gasteiger partial charge in [-0.25, -0.2) is 0 Å². The van der Waals surface area contributed by atoms with Gasteiger partial charge < -0.3 is 14.8 Å². The molecule has 0 aromatic heterocycles. The van der Waals surface area contributed by atoms with E-state index >= 15 is 0 Å². The lowest BCUT2D eigenvalue weighted by Crippen LogP contribution is -2.27. The van der Waals surface area contributed by atoms with Crippen molar-refractivity contribution in [2.24, 2.45) is 0 Å². The first kappa shape index (κ1) is 13.1. The highest BCUT2D eigenvalue weighted by Gasteiger charge is 1.98. The van der Waals surface area contributed by atoms with Gasteiger partial charge in [-0.15, -0.1) is 0 Å². The second-order valence-corrected chi connectivity index (χ2v) is 2.76. The van der Waals surface area contributed by atoms with Crippen LogP contribution in [0.25, 0.3) is 0 Å². The number of Topliss-reactive ketones (excluding diaryl/α,β-unsaturated/α-hetero) is 1. The molecular weight excluding hydrogens is 186 g/mol. The van der Waals surface area contributed by atoms with E-state index in [2.05, 4.69) is 5.32 Å². The van der Waals surface area contributed by atoms with Gasteiger partial charge in [-0.3, -0.25) is 9.59 Å². The second kappa shape index (κ2) is 8.65. The number of likely N-dealkylation sites (N-methyl/N-ethyl adjacent to an activating group) is 1. The van der Waals surface area contributed by atoms with Gasteiger partial charge in [-0.2, -0.15) is 0 Å². The Morgan fingerprint density at radius 3 is 2.21 bits per heavy atom. The number of carbonyl (C=O) groups is 2. The fourth-order valence-corrected chi connectivity index (χ4v) is 0.747. The summed E-state index contributed by atoms with van der Waals surface area (Å²) in [7, 11) is 0. The molecule has 82 valence electrons. The van der Waals surface area contributed by atoms with Gasteiger partial charge in [0, 0.05) is 6.54 Å². The van der Waals surface area contributed by atoms with Crippen LogP contribution in [0, 0.1) is 0 Å². The van der Waals surface area contributed by atoms with Gasteiger partial charge >= 0.3 is 0 Å². The summed E-state index contributed by atoms with van der Waals surface area (Å²) in [5.74, 6) is -0.159. The molecule has 0 aromatic carbocycles. The molecule has 0 heterocycles. The lowest BCUT2D eigenvalue weighted by Gasteiger charge is -2.04. The van der Waals surface area contributed by atoms with Crippen LogP contribution in [0.3, 0.4) is 0 Å². The number of amides is 1. The monoisotopic (exact) mass is 203 g/mol. The van der Waals surface area contributed by atoms with Gasteiger partial charge in [0.25, 0.3) is 0 Å². The summed E-state index contributed by atoms with van der Waals surface area (Å²) in [6.07, 6.45) is 0. The predicted molar refractivity (Wildman–Crippen MR) is 51.0 cm³/mol. The van der Waals surface area contributed by atoms with Crippen LogP contribution in [-0.2, 0) is 19.1 Å². The Balaban J connectivity index is 3.13. The molecule has 1 amide bonds. The highest BCUT2D eigenvalue weighted by Crippen LogP contribution is 1.80. The molecule has 0 unspecified atom stereocenters. The van der Waals surface area contributed by atoms with E-state index in [1.807, 2.05) is 6.92 Å². The van der Waals surface area contributed by atoms with Gasteiger partial charge in [-0.05, 0) is 13.8 Å². The highest BCUT2D eigenvalue weighted by molar-refractivity contribution is 5.77. The molecule has 0 aliphatic heterocycles. The van der Waals surface area contributed by atoms with Gasteiger partial charge in [0.2, 0.25) is 5.91 Å². The molecule has 0 bridgehead atoms. The van der Waals surface area contributed by atoms with E-state index in [-0.39, 0.29) is 24.9 Å². The minimum absolute atomic E-state index is 0.0197. The smallest absolute Gasteiger partial charge is 0.245 e. The summed E-state index contributed by atoms with van der Waals surface area (Å²) in [5, 5.41) is 2.60. The van der Waals surface area contributed by atoms with Crippen LogP contribution in [0.1, 0.15) is 13.8 Å². The summed E-state index contributed by atoms with van der Waals surface area (Å²) in [6.45, 7) is 4.69. The number of hydrogen-bond donors (Lipinski definition) is 1. The highest BCUT2D eigenvalue weighted by atomic mass is 16.5. The molecule has 1 N–H and O–H groups in total. The van der Waals surface area contributed by atoms with E-state index in [4.69, 9.17) is 9.47 Å². The Labute approximate surface area is 83.8 Å². The quantitative estimate of drug-likeness (QED) is 0.552. The molecule has 5 heteroatoms. The number of nitrogens with one attached hydrogen (secondary N) is 1. The Hall–Kier alpha value is -0.940. The normalized spacial score (nSPS) is 9.86. The molecule has 0 aliphatic rings. The topological polar surface area (TPSA) is 64.6 Å². The van der Waals surface area contributed by atoms with Gasteiger partial charge in [0.05, 0.1) is 13.2 Å². The molecule has 0 saturated heterocycles. The Kier molecular flexibility index (Phi) is 8.07. The molecular formula is C9H17NO4. The zero-order valence-electron chi connectivity index (χ0n) is 8.67. The van der Waals surface area contributed by atoms with Crippen LogP contribution in [0.15, 0.2) is 0 Å². The van der Waals surface area contributed by atoms with Gasteiger partial charge in [-0.1, -0.05) is 0 Å². The molecule has 14 heavy (non-hydrogen) atoms. The number of rotatable bonds is 8. The van der Waals surface area contributed by atoms with Crippen molar-refractivity contribution in [1.82, 2.24) is 5.32 Å². The van der Waals surface area contributed by atoms with Crippen LogP contribution in [0.4, 0.5) is 0 Å². The third-order valence-electron chi connectivity index (χ3n) is 1.28. The summed E-state index contributed by atoms with van der Waals surface area (Å²) in [5.41, 5.74) is 0. The van der Waals surface area contributed by atoms with E-state index in [9.17, 15) is 9.59 Å². The molecule has 0 atom stereocenters. The number of hydrogen-bond acceptors (Lipinski definition) is 4. The average Bonchev–Trinajstić information content (AvgIpc) is 2.11. The number of ketones is 1. The van der Waals surface area contributed by atoms with Crippen molar-refractivity contribution in [2.45, 2.75) is 13.8 Å². The van der Waals surface area contributed by atoms with Crippen LogP contribution in [0.5, 0.6) is 0 Å². The fraction of sp³-hybridized carbons (Fsp3) is 0.778. The maximum absolute atomic E-state index is 10.9. The van der Waals surface area contributed by atoms with E-state index < -0.39 is 0 Å². The van der Waals surface area contributed by atoms with E-state index in [0.29, 0.717) is 19.8 Å². The van der Waals surface area contributed by atoms with Crippen LogP contribution in [-0.4, -0.2) is 44.7 Å². The minimum Gasteiger partial charge on any atom is -0.371 e. The summed E-state index contributed by atoms with van der Waals surface area (Å²) < 4.78 is 9.91. The van der Waals surface area contributed by atoms with Crippen LogP contribution in [0.2, 0.25) is 0 Å². The van der Waals surface area contributed by atoms with Crippen molar-refractivity contribution >= 4 is 11.7 Å². The molecule has 0 fully saturated rings. The zero-order valence-corrected chi connectivity index (χ0v) is 8.67. The van der Waals surface area contributed by atoms with Crippen molar-refractivity contribution in [2.75, 3.05) is 33.0 Å². The lowest BCUT2D eigenvalue weighted by atomic mass is 10.5. The van der Waals surface area contributed by atoms with E-state index in [1.54, 1.807) is 0 Å². The molecule has 0 aliphatic carbocycles. The molecule has 0 saturated carbocycles. The first-order valence-electron chi connectivity index (χ1n) is 4.58. The van der Waals surface area contributed by atoms with Crippen LogP contribution >= 0.6 is 0 Å².